The Morgan fingerprint density at radius 3 is 1.58 bits per heavy atom. The third-order valence-electron chi connectivity index (χ3n) is 2.95. The summed E-state index contributed by atoms with van der Waals surface area (Å²) < 4.78 is 0. The number of nitrogens with zero attached hydrogens (tertiary/aromatic N) is 4. The van der Waals surface area contributed by atoms with E-state index in [1.165, 1.54) is 0 Å². The van der Waals surface area contributed by atoms with Crippen LogP contribution in [0.15, 0.2) is 84.1 Å². The van der Waals surface area contributed by atoms with E-state index in [-0.39, 0.29) is 21.1 Å². The number of hydrogen-bond donors (Lipinski definition) is 0. The van der Waals surface area contributed by atoms with Crippen molar-refractivity contribution in [2.24, 2.45) is 0 Å². The van der Waals surface area contributed by atoms with Gasteiger partial charge in [0.2, 0.25) is 0 Å². The van der Waals surface area contributed by atoms with Gasteiger partial charge < -0.3 is 0 Å². The Morgan fingerprint density at radius 2 is 1.21 bits per heavy atom. The second-order valence-corrected chi connectivity index (χ2v) is 5.27. The molecule has 4 aromatic rings. The van der Waals surface area contributed by atoms with Crippen LogP contribution in [0.2, 0.25) is 0 Å². The Bertz CT molecular complexity index is 752. The van der Waals surface area contributed by atoms with Crippen LogP contribution in [-0.4, -0.2) is 19.9 Å². The minimum Gasteiger partial charge on any atom is -0.255 e. The normalized spacial score (nSPS) is 9.33. The number of rotatable bonds is 2. The predicted molar refractivity (Wildman–Crippen MR) is 92.8 cm³/mol. The number of hydrogen-bond acceptors (Lipinski definition) is 5. The van der Waals surface area contributed by atoms with Crippen LogP contribution in [-0.2, 0) is 21.1 Å². The molecular formula is C18H14N4PtS. The minimum absolute atomic E-state index is 0. The van der Waals surface area contributed by atoms with E-state index in [2.05, 4.69) is 19.9 Å². The molecule has 0 atom stereocenters. The summed E-state index contributed by atoms with van der Waals surface area (Å²) in [6.45, 7) is 0. The van der Waals surface area contributed by atoms with E-state index in [0.29, 0.717) is 0 Å². The van der Waals surface area contributed by atoms with Gasteiger partial charge in [-0.1, -0.05) is 18.2 Å². The molecule has 0 radical (unpaired) electrons. The van der Waals surface area contributed by atoms with Crippen molar-refractivity contribution in [2.75, 3.05) is 0 Å². The van der Waals surface area contributed by atoms with Crippen molar-refractivity contribution in [3.8, 4) is 22.8 Å². The van der Waals surface area contributed by atoms with Crippen LogP contribution in [0.4, 0.5) is 0 Å². The Labute approximate surface area is 159 Å². The van der Waals surface area contributed by atoms with Crippen LogP contribution in [0.5, 0.6) is 0 Å². The molecule has 4 nitrogen and oxygen atoms in total. The maximum Gasteiger partial charge on any atom is 0.0894 e. The van der Waals surface area contributed by atoms with E-state index in [4.69, 9.17) is 0 Å². The maximum absolute atomic E-state index is 4.59. The van der Waals surface area contributed by atoms with Gasteiger partial charge in [0.25, 0.3) is 0 Å². The fourth-order valence-electron chi connectivity index (χ4n) is 1.92. The molecule has 0 saturated heterocycles. The smallest absolute Gasteiger partial charge is 0.0894 e. The van der Waals surface area contributed by atoms with Gasteiger partial charge in [0, 0.05) is 45.0 Å². The van der Waals surface area contributed by atoms with Crippen molar-refractivity contribution < 1.29 is 21.1 Å². The van der Waals surface area contributed by atoms with Gasteiger partial charge in [-0.05, 0) is 36.4 Å². The van der Waals surface area contributed by atoms with Crippen LogP contribution in [0, 0.1) is 0 Å². The minimum atomic E-state index is 0. The van der Waals surface area contributed by atoms with Gasteiger partial charge in [0.1, 0.15) is 0 Å². The van der Waals surface area contributed by atoms with Crippen molar-refractivity contribution in [2.45, 2.75) is 0 Å². The van der Waals surface area contributed by atoms with E-state index < -0.39 is 0 Å². The molecule has 0 fully saturated rings. The molecule has 0 aliphatic rings. The SMILES string of the molecule is [Pt].c1ccc(-c2cccc(-c3ccccn3)n2)nc1.c1cscn1. The topological polar surface area (TPSA) is 51.6 Å². The molecule has 0 unspecified atom stereocenters. The first kappa shape index (κ1) is 18.1. The molecule has 0 spiro atoms. The average Bonchev–Trinajstić information content (AvgIpc) is 3.23. The summed E-state index contributed by atoms with van der Waals surface area (Å²) >= 11 is 1.60. The molecule has 24 heavy (non-hydrogen) atoms. The molecule has 0 bridgehead atoms. The molecule has 6 heteroatoms. The van der Waals surface area contributed by atoms with Gasteiger partial charge in [-0.25, -0.2) is 4.98 Å². The summed E-state index contributed by atoms with van der Waals surface area (Å²) in [4.78, 5) is 16.9. The number of thiazole rings is 1. The maximum atomic E-state index is 4.59. The first-order valence-electron chi connectivity index (χ1n) is 7.05. The Morgan fingerprint density at radius 1 is 0.625 bits per heavy atom. The first-order chi connectivity index (χ1) is 11.4. The summed E-state index contributed by atoms with van der Waals surface area (Å²) in [7, 11) is 0. The van der Waals surface area contributed by atoms with Crippen LogP contribution in [0.3, 0.4) is 0 Å². The quantitative estimate of drug-likeness (QED) is 0.400. The third-order valence-corrected chi connectivity index (χ3v) is 3.47. The Kier molecular flexibility index (Phi) is 7.40. The van der Waals surface area contributed by atoms with Gasteiger partial charge in [-0.3, -0.25) is 15.0 Å². The molecule has 122 valence electrons. The van der Waals surface area contributed by atoms with E-state index in [9.17, 15) is 0 Å². The van der Waals surface area contributed by atoms with E-state index in [1.807, 2.05) is 60.0 Å². The molecule has 0 aliphatic carbocycles. The van der Waals surface area contributed by atoms with Crippen molar-refractivity contribution >= 4 is 11.3 Å². The van der Waals surface area contributed by atoms with Gasteiger partial charge in [-0.2, -0.15) is 0 Å². The van der Waals surface area contributed by atoms with Crippen LogP contribution in [0.25, 0.3) is 22.8 Å². The summed E-state index contributed by atoms with van der Waals surface area (Å²) in [6, 6.07) is 17.5. The molecule has 4 rings (SSSR count). The Balaban J connectivity index is 0.000000300. The average molecular weight is 513 g/mol. The standard InChI is InChI=1S/C15H11N3.C3H3NS.Pt/c1-3-10-16-12(6-1)14-8-5-9-15(18-14)13-7-2-4-11-17-13;1-2-5-3-4-1;/h1-11H;1-3H;. The number of pyridine rings is 3. The predicted octanol–water partition coefficient (Wildman–Crippen LogP) is 4.35. The molecule has 0 N–H and O–H groups in total. The summed E-state index contributed by atoms with van der Waals surface area (Å²) in [6.07, 6.45) is 5.31. The van der Waals surface area contributed by atoms with Crippen molar-refractivity contribution in [3.63, 3.8) is 0 Å². The van der Waals surface area contributed by atoms with E-state index in [0.717, 1.165) is 22.8 Å². The van der Waals surface area contributed by atoms with Gasteiger partial charge in [-0.15, -0.1) is 11.3 Å². The van der Waals surface area contributed by atoms with Gasteiger partial charge in [0.05, 0.1) is 28.3 Å². The second kappa shape index (κ2) is 9.81. The van der Waals surface area contributed by atoms with Crippen molar-refractivity contribution in [3.05, 3.63) is 84.1 Å². The molecular weight excluding hydrogens is 499 g/mol. The fraction of sp³-hybridized carbons (Fsp3) is 0. The van der Waals surface area contributed by atoms with Crippen LogP contribution >= 0.6 is 11.3 Å². The third kappa shape index (κ3) is 5.15. The van der Waals surface area contributed by atoms with Crippen molar-refractivity contribution in [1.82, 2.24) is 19.9 Å². The van der Waals surface area contributed by atoms with Crippen molar-refractivity contribution in [1.29, 1.82) is 0 Å². The summed E-state index contributed by atoms with van der Waals surface area (Å²) in [5.41, 5.74) is 5.25. The summed E-state index contributed by atoms with van der Waals surface area (Å²) in [5.74, 6) is 0. The first-order valence-corrected chi connectivity index (χ1v) is 8.00. The zero-order valence-corrected chi connectivity index (χ0v) is 15.7. The molecule has 4 heterocycles. The molecule has 0 aromatic carbocycles. The van der Waals surface area contributed by atoms with E-state index >= 15 is 0 Å². The zero-order valence-electron chi connectivity index (χ0n) is 12.6. The van der Waals surface area contributed by atoms with Gasteiger partial charge in [0.15, 0.2) is 0 Å². The fourth-order valence-corrected chi connectivity index (χ4v) is 2.28. The molecule has 0 saturated carbocycles. The number of aromatic nitrogens is 4. The Hall–Kier alpha value is -2.23. The molecule has 0 amide bonds. The van der Waals surface area contributed by atoms with E-state index in [1.54, 1.807) is 35.4 Å². The van der Waals surface area contributed by atoms with Gasteiger partial charge >= 0.3 is 0 Å². The monoisotopic (exact) mass is 513 g/mol. The summed E-state index contributed by atoms with van der Waals surface area (Å²) in [5, 5.41) is 1.93. The molecule has 4 aromatic heterocycles. The second-order valence-electron chi connectivity index (χ2n) is 4.51. The molecule has 0 aliphatic heterocycles. The van der Waals surface area contributed by atoms with Crippen LogP contribution < -0.4 is 0 Å². The largest absolute Gasteiger partial charge is 0.255 e. The van der Waals surface area contributed by atoms with Crippen LogP contribution in [0.1, 0.15) is 0 Å². The zero-order chi connectivity index (χ0) is 15.7.